The summed E-state index contributed by atoms with van der Waals surface area (Å²) in [4.78, 5) is 0. The molecule has 0 amide bonds. The lowest BCUT2D eigenvalue weighted by atomic mass is 10.1. The molecule has 0 aliphatic heterocycles. The van der Waals surface area contributed by atoms with Crippen LogP contribution >= 0.6 is 0 Å². The van der Waals surface area contributed by atoms with Crippen LogP contribution in [0.25, 0.3) is 0 Å². The quantitative estimate of drug-likeness (QED) is 0.537. The smallest absolute Gasteiger partial charge is 0.0648 e. The van der Waals surface area contributed by atoms with Crippen LogP contribution in [0.1, 0.15) is 11.1 Å². The Morgan fingerprint density at radius 1 is 1.38 bits per heavy atom. The molecule has 1 rings (SSSR count). The standard InChI is InChI=1S/C10H13N3/c1-8-4-3-5-10(9(8)2)13-12-7-6-11/h3-7,11,13H,1-2H3/b11-6?,12-7-. The first-order valence-electron chi connectivity index (χ1n) is 4.10. The molecule has 0 spiro atoms. The number of aryl methyl sites for hydroxylation is 1. The Kier molecular flexibility index (Phi) is 3.20. The molecule has 0 atom stereocenters. The third-order valence-corrected chi connectivity index (χ3v) is 1.94. The van der Waals surface area contributed by atoms with Gasteiger partial charge in [0.25, 0.3) is 0 Å². The van der Waals surface area contributed by atoms with Gasteiger partial charge < -0.3 is 5.41 Å². The van der Waals surface area contributed by atoms with Crippen molar-refractivity contribution in [3.05, 3.63) is 29.3 Å². The fourth-order valence-corrected chi connectivity index (χ4v) is 1.02. The van der Waals surface area contributed by atoms with Gasteiger partial charge in [0.05, 0.1) is 11.9 Å². The Hall–Kier alpha value is -1.64. The van der Waals surface area contributed by atoms with Gasteiger partial charge >= 0.3 is 0 Å². The summed E-state index contributed by atoms with van der Waals surface area (Å²) in [5.74, 6) is 0. The highest BCUT2D eigenvalue weighted by atomic mass is 15.3. The number of benzene rings is 1. The van der Waals surface area contributed by atoms with Gasteiger partial charge in [-0.25, -0.2) is 0 Å². The highest BCUT2D eigenvalue weighted by molar-refractivity contribution is 6.14. The van der Waals surface area contributed by atoms with E-state index in [0.717, 1.165) is 11.9 Å². The van der Waals surface area contributed by atoms with Crippen molar-refractivity contribution in [3.63, 3.8) is 0 Å². The zero-order valence-corrected chi connectivity index (χ0v) is 7.83. The van der Waals surface area contributed by atoms with Gasteiger partial charge in [0, 0.05) is 6.21 Å². The topological polar surface area (TPSA) is 48.2 Å². The maximum absolute atomic E-state index is 6.75. The molecule has 1 aromatic carbocycles. The molecule has 3 nitrogen and oxygen atoms in total. The first-order valence-corrected chi connectivity index (χ1v) is 4.10. The third-order valence-electron chi connectivity index (χ3n) is 1.94. The molecule has 0 heterocycles. The van der Waals surface area contributed by atoms with Gasteiger partial charge in [-0.3, -0.25) is 5.43 Å². The van der Waals surface area contributed by atoms with Gasteiger partial charge in [-0.15, -0.1) is 0 Å². The van der Waals surface area contributed by atoms with E-state index in [1.54, 1.807) is 0 Å². The van der Waals surface area contributed by atoms with Gasteiger partial charge in [-0.05, 0) is 31.0 Å². The Balaban J connectivity index is 2.82. The molecule has 1 aromatic rings. The maximum Gasteiger partial charge on any atom is 0.0648 e. The first-order chi connectivity index (χ1) is 6.25. The number of anilines is 1. The summed E-state index contributed by atoms with van der Waals surface area (Å²) in [6.07, 6.45) is 2.54. The van der Waals surface area contributed by atoms with Crippen LogP contribution in [0.15, 0.2) is 23.3 Å². The second-order valence-electron chi connectivity index (χ2n) is 2.80. The second-order valence-corrected chi connectivity index (χ2v) is 2.80. The van der Waals surface area contributed by atoms with E-state index in [9.17, 15) is 0 Å². The van der Waals surface area contributed by atoms with Gasteiger partial charge in [-0.2, -0.15) is 5.10 Å². The fraction of sp³-hybridized carbons (Fsp3) is 0.200. The van der Waals surface area contributed by atoms with Crippen molar-refractivity contribution in [2.24, 2.45) is 5.10 Å². The van der Waals surface area contributed by atoms with Crippen molar-refractivity contribution in [2.75, 3.05) is 5.43 Å². The van der Waals surface area contributed by atoms with Crippen molar-refractivity contribution in [3.8, 4) is 0 Å². The molecule has 0 fully saturated rings. The van der Waals surface area contributed by atoms with Crippen LogP contribution in [0.2, 0.25) is 0 Å². The molecule has 0 saturated carbocycles. The van der Waals surface area contributed by atoms with Crippen molar-refractivity contribution in [1.29, 1.82) is 5.41 Å². The van der Waals surface area contributed by atoms with Crippen molar-refractivity contribution >= 4 is 18.1 Å². The minimum absolute atomic E-state index is 0.984. The van der Waals surface area contributed by atoms with E-state index in [2.05, 4.69) is 23.5 Å². The van der Waals surface area contributed by atoms with Crippen molar-refractivity contribution in [2.45, 2.75) is 13.8 Å². The van der Waals surface area contributed by atoms with E-state index in [4.69, 9.17) is 5.41 Å². The average Bonchev–Trinajstić information content (AvgIpc) is 2.13. The number of nitrogens with zero attached hydrogens (tertiary/aromatic N) is 1. The predicted octanol–water partition coefficient (Wildman–Crippen LogP) is 2.35. The number of nitrogens with one attached hydrogen (secondary N) is 2. The van der Waals surface area contributed by atoms with Gasteiger partial charge in [0.15, 0.2) is 0 Å². The Bertz CT molecular complexity index is 329. The third kappa shape index (κ3) is 2.40. The first kappa shape index (κ1) is 9.45. The number of hydrogen-bond acceptors (Lipinski definition) is 3. The van der Waals surface area contributed by atoms with E-state index in [1.165, 1.54) is 17.3 Å². The van der Waals surface area contributed by atoms with E-state index in [0.29, 0.717) is 0 Å². The van der Waals surface area contributed by atoms with Crippen LogP contribution in [-0.4, -0.2) is 12.4 Å². The lowest BCUT2D eigenvalue weighted by Gasteiger charge is -2.06. The number of hydrazone groups is 1. The van der Waals surface area contributed by atoms with E-state index < -0.39 is 0 Å². The summed E-state index contributed by atoms with van der Waals surface area (Å²) in [6.45, 7) is 4.10. The summed E-state index contributed by atoms with van der Waals surface area (Å²) in [5, 5.41) is 10.6. The molecule has 0 aromatic heterocycles. The van der Waals surface area contributed by atoms with Crippen LogP contribution in [-0.2, 0) is 0 Å². The van der Waals surface area contributed by atoms with Crippen molar-refractivity contribution < 1.29 is 0 Å². The van der Waals surface area contributed by atoms with Gasteiger partial charge in [-0.1, -0.05) is 12.1 Å². The molecule has 0 radical (unpaired) electrons. The zero-order chi connectivity index (χ0) is 9.68. The van der Waals surface area contributed by atoms with Crippen LogP contribution in [0.3, 0.4) is 0 Å². The minimum atomic E-state index is 0.984. The maximum atomic E-state index is 6.75. The summed E-state index contributed by atoms with van der Waals surface area (Å²) >= 11 is 0. The highest BCUT2D eigenvalue weighted by Gasteiger charge is 1.97. The molecule has 0 saturated heterocycles. The number of hydrogen-bond donors (Lipinski definition) is 2. The van der Waals surface area contributed by atoms with Crippen LogP contribution < -0.4 is 5.43 Å². The number of rotatable bonds is 3. The van der Waals surface area contributed by atoms with E-state index in [1.807, 2.05) is 19.1 Å². The van der Waals surface area contributed by atoms with E-state index >= 15 is 0 Å². The van der Waals surface area contributed by atoms with Gasteiger partial charge in [0.2, 0.25) is 0 Å². The summed E-state index contributed by atoms with van der Waals surface area (Å²) in [5.41, 5.74) is 6.27. The molecule has 0 bridgehead atoms. The molecule has 3 heteroatoms. The predicted molar refractivity (Wildman–Crippen MR) is 56.8 cm³/mol. The lowest BCUT2D eigenvalue weighted by molar-refractivity contribution is 1.27. The second kappa shape index (κ2) is 4.40. The summed E-state index contributed by atoms with van der Waals surface area (Å²) in [6, 6.07) is 6.00. The summed E-state index contributed by atoms with van der Waals surface area (Å²) in [7, 11) is 0. The molecule has 68 valence electrons. The minimum Gasteiger partial charge on any atom is -0.307 e. The SMILES string of the molecule is Cc1cccc(N/N=C\C=N)c1C. The Labute approximate surface area is 78.0 Å². The monoisotopic (exact) mass is 175 g/mol. The van der Waals surface area contributed by atoms with Crippen LogP contribution in [0.5, 0.6) is 0 Å². The molecule has 13 heavy (non-hydrogen) atoms. The largest absolute Gasteiger partial charge is 0.307 e. The lowest BCUT2D eigenvalue weighted by Crippen LogP contribution is -1.93. The molecular weight excluding hydrogens is 162 g/mol. The van der Waals surface area contributed by atoms with Crippen LogP contribution in [0, 0.1) is 19.3 Å². The van der Waals surface area contributed by atoms with E-state index in [-0.39, 0.29) is 0 Å². The Morgan fingerprint density at radius 3 is 2.85 bits per heavy atom. The van der Waals surface area contributed by atoms with Gasteiger partial charge in [0.1, 0.15) is 0 Å². The zero-order valence-electron chi connectivity index (χ0n) is 7.83. The van der Waals surface area contributed by atoms with Crippen LogP contribution in [0.4, 0.5) is 5.69 Å². The fourth-order valence-electron chi connectivity index (χ4n) is 1.02. The van der Waals surface area contributed by atoms with Crippen molar-refractivity contribution in [1.82, 2.24) is 0 Å². The molecule has 2 N–H and O–H groups in total. The summed E-state index contributed by atoms with van der Waals surface area (Å²) < 4.78 is 0. The molecule has 0 unspecified atom stereocenters. The normalized spacial score (nSPS) is 10.3. The highest BCUT2D eigenvalue weighted by Crippen LogP contribution is 2.17. The molecule has 0 aliphatic rings. The Morgan fingerprint density at radius 2 is 2.15 bits per heavy atom. The molecule has 0 aliphatic carbocycles. The molecular formula is C10H13N3. The average molecular weight is 175 g/mol.